The quantitative estimate of drug-likeness (QED) is 0.176. The lowest BCUT2D eigenvalue weighted by molar-refractivity contribution is 0.669. The van der Waals surface area contributed by atoms with Gasteiger partial charge in [-0.1, -0.05) is 158 Å². The van der Waals surface area contributed by atoms with Crippen molar-refractivity contribution in [3.05, 3.63) is 200 Å². The van der Waals surface area contributed by atoms with Gasteiger partial charge < -0.3 is 9.32 Å². The molecule has 1 aromatic heterocycles. The Morgan fingerprint density at radius 3 is 1.75 bits per heavy atom. The Kier molecular flexibility index (Phi) is 7.18. The predicted molar refractivity (Wildman–Crippen MR) is 220 cm³/mol. The summed E-state index contributed by atoms with van der Waals surface area (Å²) >= 11 is 0. The fourth-order valence-electron chi connectivity index (χ4n) is 7.85. The van der Waals surface area contributed by atoms with E-state index < -0.39 is 0 Å². The molecule has 0 amide bonds. The van der Waals surface area contributed by atoms with Gasteiger partial charge in [-0.2, -0.15) is 0 Å². The fourth-order valence-corrected chi connectivity index (χ4v) is 7.85. The number of hydrogen-bond acceptors (Lipinski definition) is 2. The third-order valence-corrected chi connectivity index (χ3v) is 10.3. The lowest BCUT2D eigenvalue weighted by Crippen LogP contribution is -2.11. The maximum absolute atomic E-state index is 6.34. The summed E-state index contributed by atoms with van der Waals surface area (Å²) in [6, 6.07) is 71.7. The van der Waals surface area contributed by atoms with E-state index in [2.05, 4.69) is 193 Å². The highest BCUT2D eigenvalue weighted by Gasteiger charge is 2.21. The molecular formula is C50H33NO. The van der Waals surface area contributed by atoms with Crippen LogP contribution in [-0.2, 0) is 0 Å². The van der Waals surface area contributed by atoms with Gasteiger partial charge in [-0.05, 0) is 86.4 Å². The smallest absolute Gasteiger partial charge is 0.136 e. The van der Waals surface area contributed by atoms with Crippen LogP contribution in [0.4, 0.5) is 17.1 Å². The number of nitrogens with zero attached hydrogens (tertiary/aromatic N) is 1. The monoisotopic (exact) mass is 663 g/mol. The van der Waals surface area contributed by atoms with Gasteiger partial charge >= 0.3 is 0 Å². The van der Waals surface area contributed by atoms with E-state index in [0.29, 0.717) is 0 Å². The van der Waals surface area contributed by atoms with Crippen LogP contribution in [0.5, 0.6) is 0 Å². The Labute approximate surface area is 302 Å². The Balaban J connectivity index is 1.13. The molecule has 9 aromatic carbocycles. The van der Waals surface area contributed by atoms with Crippen molar-refractivity contribution in [2.75, 3.05) is 4.90 Å². The summed E-state index contributed by atoms with van der Waals surface area (Å²) in [4.78, 5) is 2.41. The third-order valence-electron chi connectivity index (χ3n) is 10.3. The van der Waals surface area contributed by atoms with E-state index in [9.17, 15) is 0 Å². The van der Waals surface area contributed by atoms with Crippen molar-refractivity contribution in [1.82, 2.24) is 0 Å². The first-order chi connectivity index (χ1) is 25.8. The van der Waals surface area contributed by atoms with Crippen LogP contribution < -0.4 is 4.90 Å². The summed E-state index contributed by atoms with van der Waals surface area (Å²) in [5.41, 5.74) is 12.2. The highest BCUT2D eigenvalue weighted by Crippen LogP contribution is 2.46. The zero-order valence-electron chi connectivity index (χ0n) is 28.4. The van der Waals surface area contributed by atoms with Crippen molar-refractivity contribution >= 4 is 60.5 Å². The summed E-state index contributed by atoms with van der Waals surface area (Å²) in [5.74, 6) is 0. The van der Waals surface area contributed by atoms with E-state index in [0.717, 1.165) is 50.1 Å². The van der Waals surface area contributed by atoms with Crippen LogP contribution in [0.2, 0.25) is 0 Å². The molecule has 0 atom stereocenters. The third kappa shape index (κ3) is 5.04. The van der Waals surface area contributed by atoms with Crippen LogP contribution >= 0.6 is 0 Å². The molecule has 10 aromatic rings. The lowest BCUT2D eigenvalue weighted by atomic mass is 9.95. The SMILES string of the molecule is c1cc(-c2ccc(N(c3ccccc3-c3cccc4oc5ccccc5c34)c3cccc4ccccc34)cc2)cc(-c2cccc3ccccc23)c1. The normalized spacial score (nSPS) is 11.5. The van der Waals surface area contributed by atoms with Crippen LogP contribution in [0.1, 0.15) is 0 Å². The summed E-state index contributed by atoms with van der Waals surface area (Å²) < 4.78 is 6.34. The van der Waals surface area contributed by atoms with Gasteiger partial charge in [0.25, 0.3) is 0 Å². The number of fused-ring (bicyclic) bond motifs is 5. The number of anilines is 3. The zero-order valence-corrected chi connectivity index (χ0v) is 28.4. The Bertz CT molecular complexity index is 2910. The standard InChI is InChI=1S/C50H33NO/c1-3-19-40-35(13-1)15-10-23-41(40)38-18-9-17-37(33-38)34-29-31-39(32-30-34)51(46-26-11-16-36-14-2-4-20-42(36)46)47-25-7-5-21-43(47)44-24-12-28-49-50(44)45-22-6-8-27-48(45)52-49/h1-33H. The minimum atomic E-state index is 0.889. The van der Waals surface area contributed by atoms with E-state index in [1.165, 1.54) is 43.8 Å². The van der Waals surface area contributed by atoms with Gasteiger partial charge in [0.15, 0.2) is 0 Å². The molecule has 244 valence electrons. The topological polar surface area (TPSA) is 16.4 Å². The number of hydrogen-bond donors (Lipinski definition) is 0. The lowest BCUT2D eigenvalue weighted by Gasteiger charge is -2.29. The van der Waals surface area contributed by atoms with Crippen molar-refractivity contribution in [1.29, 1.82) is 0 Å². The molecule has 10 rings (SSSR count). The maximum Gasteiger partial charge on any atom is 0.136 e. The summed E-state index contributed by atoms with van der Waals surface area (Å²) in [6.07, 6.45) is 0. The van der Waals surface area contributed by atoms with Crippen LogP contribution in [-0.4, -0.2) is 0 Å². The minimum absolute atomic E-state index is 0.889. The van der Waals surface area contributed by atoms with E-state index in [1.54, 1.807) is 0 Å². The highest BCUT2D eigenvalue weighted by molar-refractivity contribution is 6.14. The van der Waals surface area contributed by atoms with Crippen molar-refractivity contribution in [3.8, 4) is 33.4 Å². The molecular weight excluding hydrogens is 631 g/mol. The molecule has 0 spiro atoms. The molecule has 0 aliphatic carbocycles. The van der Waals surface area contributed by atoms with Gasteiger partial charge in [-0.15, -0.1) is 0 Å². The molecule has 0 radical (unpaired) electrons. The molecule has 0 unspecified atom stereocenters. The number of rotatable bonds is 6. The molecule has 0 saturated carbocycles. The van der Waals surface area contributed by atoms with Crippen molar-refractivity contribution in [2.24, 2.45) is 0 Å². The predicted octanol–water partition coefficient (Wildman–Crippen LogP) is 14.4. The first-order valence-corrected chi connectivity index (χ1v) is 17.8. The van der Waals surface area contributed by atoms with Gasteiger partial charge in [0.1, 0.15) is 11.2 Å². The maximum atomic E-state index is 6.34. The van der Waals surface area contributed by atoms with Gasteiger partial charge in [0, 0.05) is 27.4 Å². The Morgan fingerprint density at radius 2 is 0.885 bits per heavy atom. The summed E-state index contributed by atoms with van der Waals surface area (Å²) in [6.45, 7) is 0. The van der Waals surface area contributed by atoms with Crippen LogP contribution in [0, 0.1) is 0 Å². The average molecular weight is 664 g/mol. The molecule has 1 heterocycles. The van der Waals surface area contributed by atoms with Gasteiger partial charge in [0.2, 0.25) is 0 Å². The second kappa shape index (κ2) is 12.5. The molecule has 0 aliphatic heterocycles. The zero-order chi connectivity index (χ0) is 34.4. The fraction of sp³-hybridized carbons (Fsp3) is 0. The van der Waals surface area contributed by atoms with Crippen LogP contribution in [0.3, 0.4) is 0 Å². The van der Waals surface area contributed by atoms with Gasteiger partial charge in [0.05, 0.1) is 11.4 Å². The molecule has 0 aliphatic rings. The van der Waals surface area contributed by atoms with E-state index in [-0.39, 0.29) is 0 Å². The molecule has 2 heteroatoms. The molecule has 2 nitrogen and oxygen atoms in total. The Morgan fingerprint density at radius 1 is 0.327 bits per heavy atom. The van der Waals surface area contributed by atoms with E-state index in [4.69, 9.17) is 4.42 Å². The second-order valence-electron chi connectivity index (χ2n) is 13.3. The molecule has 0 saturated heterocycles. The first-order valence-electron chi connectivity index (χ1n) is 17.8. The van der Waals surface area contributed by atoms with Crippen LogP contribution in [0.25, 0.3) is 76.9 Å². The highest BCUT2D eigenvalue weighted by atomic mass is 16.3. The van der Waals surface area contributed by atoms with Crippen molar-refractivity contribution in [3.63, 3.8) is 0 Å². The molecule has 0 bridgehead atoms. The molecule has 0 fully saturated rings. The summed E-state index contributed by atoms with van der Waals surface area (Å²) in [7, 11) is 0. The largest absolute Gasteiger partial charge is 0.456 e. The number of furan rings is 1. The van der Waals surface area contributed by atoms with Crippen LogP contribution in [0.15, 0.2) is 205 Å². The van der Waals surface area contributed by atoms with E-state index in [1.807, 2.05) is 12.1 Å². The average Bonchev–Trinajstić information content (AvgIpc) is 3.61. The van der Waals surface area contributed by atoms with E-state index >= 15 is 0 Å². The number of para-hydroxylation sites is 2. The second-order valence-corrected chi connectivity index (χ2v) is 13.3. The first kappa shape index (κ1) is 30.0. The minimum Gasteiger partial charge on any atom is -0.456 e. The number of benzene rings is 9. The molecule has 52 heavy (non-hydrogen) atoms. The Hall–Kier alpha value is -6.90. The van der Waals surface area contributed by atoms with Gasteiger partial charge in [-0.3, -0.25) is 0 Å². The van der Waals surface area contributed by atoms with Crippen molar-refractivity contribution < 1.29 is 4.42 Å². The molecule has 0 N–H and O–H groups in total. The van der Waals surface area contributed by atoms with Crippen molar-refractivity contribution in [2.45, 2.75) is 0 Å². The van der Waals surface area contributed by atoms with Gasteiger partial charge in [-0.25, -0.2) is 0 Å². The summed E-state index contributed by atoms with van der Waals surface area (Å²) in [5, 5.41) is 7.16.